The van der Waals surface area contributed by atoms with E-state index >= 15 is 0 Å². The molecule has 0 spiro atoms. The van der Waals surface area contributed by atoms with Crippen molar-refractivity contribution in [1.29, 1.82) is 0 Å². The van der Waals surface area contributed by atoms with Crippen molar-refractivity contribution in [2.24, 2.45) is 0 Å². The largest absolute Gasteiger partial charge is 0.399 e. The lowest BCUT2D eigenvalue weighted by Gasteiger charge is -2.29. The minimum absolute atomic E-state index is 0.0647. The van der Waals surface area contributed by atoms with Crippen molar-refractivity contribution in [3.63, 3.8) is 0 Å². The Labute approximate surface area is 119 Å². The highest BCUT2D eigenvalue weighted by Gasteiger charge is 2.21. The lowest BCUT2D eigenvalue weighted by atomic mass is 9.99. The van der Waals surface area contributed by atoms with Crippen molar-refractivity contribution in [1.82, 2.24) is 4.90 Å². The van der Waals surface area contributed by atoms with Gasteiger partial charge in [-0.3, -0.25) is 4.79 Å². The zero-order chi connectivity index (χ0) is 14.1. The van der Waals surface area contributed by atoms with E-state index in [0.29, 0.717) is 17.8 Å². The van der Waals surface area contributed by atoms with E-state index in [1.54, 1.807) is 6.07 Å². The van der Waals surface area contributed by atoms with E-state index in [1.807, 2.05) is 30.0 Å². The van der Waals surface area contributed by atoms with Gasteiger partial charge in [0.15, 0.2) is 0 Å². The molecule has 0 radical (unpaired) electrons. The van der Waals surface area contributed by atoms with E-state index in [9.17, 15) is 4.79 Å². The molecule has 1 heterocycles. The van der Waals surface area contributed by atoms with E-state index in [2.05, 4.69) is 18.2 Å². The van der Waals surface area contributed by atoms with E-state index in [4.69, 9.17) is 5.73 Å². The first kappa shape index (κ1) is 12.7. The molecule has 0 saturated carbocycles. The zero-order valence-electron chi connectivity index (χ0n) is 11.6. The third-order valence-electron chi connectivity index (χ3n) is 3.76. The van der Waals surface area contributed by atoms with Crippen molar-refractivity contribution >= 4 is 11.6 Å². The molecule has 0 bridgehead atoms. The molecular formula is C17H18N2O. The van der Waals surface area contributed by atoms with Crippen LogP contribution >= 0.6 is 0 Å². The van der Waals surface area contributed by atoms with Crippen LogP contribution in [0.2, 0.25) is 0 Å². The predicted molar refractivity (Wildman–Crippen MR) is 80.5 cm³/mol. The van der Waals surface area contributed by atoms with Gasteiger partial charge in [0.1, 0.15) is 0 Å². The number of nitrogens with zero attached hydrogens (tertiary/aromatic N) is 1. The summed E-state index contributed by atoms with van der Waals surface area (Å²) in [4.78, 5) is 14.5. The van der Waals surface area contributed by atoms with Crippen molar-refractivity contribution < 1.29 is 4.79 Å². The zero-order valence-corrected chi connectivity index (χ0v) is 11.6. The number of aryl methyl sites for hydroxylation is 1. The highest BCUT2D eigenvalue weighted by molar-refractivity contribution is 5.95. The third kappa shape index (κ3) is 2.39. The number of hydrogen-bond acceptors (Lipinski definition) is 2. The average molecular weight is 266 g/mol. The van der Waals surface area contributed by atoms with Gasteiger partial charge < -0.3 is 10.6 Å². The molecule has 2 aromatic rings. The second-order valence-corrected chi connectivity index (χ2v) is 5.38. The molecule has 0 atom stereocenters. The third-order valence-corrected chi connectivity index (χ3v) is 3.76. The van der Waals surface area contributed by atoms with Crippen molar-refractivity contribution in [2.75, 3.05) is 12.3 Å². The number of anilines is 1. The summed E-state index contributed by atoms with van der Waals surface area (Å²) in [5, 5.41) is 0. The molecule has 102 valence electrons. The number of carbonyl (C=O) groups is 1. The Hall–Kier alpha value is -2.29. The predicted octanol–water partition coefficient (Wildman–Crippen LogP) is 2.78. The molecule has 3 heteroatoms. The van der Waals surface area contributed by atoms with Crippen LogP contribution in [0.4, 0.5) is 5.69 Å². The fourth-order valence-corrected chi connectivity index (χ4v) is 2.79. The maximum absolute atomic E-state index is 12.6. The van der Waals surface area contributed by atoms with Gasteiger partial charge in [-0.05, 0) is 48.2 Å². The summed E-state index contributed by atoms with van der Waals surface area (Å²) in [6.45, 7) is 3.41. The SMILES string of the molecule is Cc1cc(N)cc(C(=O)N2CCc3ccccc3C2)c1. The van der Waals surface area contributed by atoms with E-state index in [1.165, 1.54) is 11.1 Å². The summed E-state index contributed by atoms with van der Waals surface area (Å²) >= 11 is 0. The summed E-state index contributed by atoms with van der Waals surface area (Å²) in [5.74, 6) is 0.0647. The molecule has 3 rings (SSSR count). The molecule has 20 heavy (non-hydrogen) atoms. The maximum Gasteiger partial charge on any atom is 0.254 e. The molecular weight excluding hydrogens is 248 g/mol. The van der Waals surface area contributed by atoms with Gasteiger partial charge >= 0.3 is 0 Å². The van der Waals surface area contributed by atoms with Crippen LogP contribution in [0.3, 0.4) is 0 Å². The van der Waals surface area contributed by atoms with Crippen LogP contribution in [0.25, 0.3) is 0 Å². The van der Waals surface area contributed by atoms with Gasteiger partial charge in [-0.25, -0.2) is 0 Å². The highest BCUT2D eigenvalue weighted by atomic mass is 16.2. The smallest absolute Gasteiger partial charge is 0.254 e. The molecule has 2 N–H and O–H groups in total. The first-order valence-corrected chi connectivity index (χ1v) is 6.87. The summed E-state index contributed by atoms with van der Waals surface area (Å²) < 4.78 is 0. The molecule has 0 aliphatic carbocycles. The molecule has 0 fully saturated rings. The molecule has 2 aromatic carbocycles. The molecule has 1 aliphatic heterocycles. The second kappa shape index (κ2) is 5.00. The molecule has 1 aliphatic rings. The Bertz CT molecular complexity index is 644. The standard InChI is InChI=1S/C17H18N2O/c1-12-8-15(10-16(18)9-12)17(20)19-7-6-13-4-2-3-5-14(13)11-19/h2-5,8-10H,6-7,11,18H2,1H3. The van der Waals surface area contributed by atoms with E-state index in [-0.39, 0.29) is 5.91 Å². The Kier molecular flexibility index (Phi) is 3.18. The lowest BCUT2D eigenvalue weighted by molar-refractivity contribution is 0.0734. The van der Waals surface area contributed by atoms with Gasteiger partial charge in [-0.1, -0.05) is 24.3 Å². The fourth-order valence-electron chi connectivity index (χ4n) is 2.79. The van der Waals surface area contributed by atoms with Gasteiger partial charge in [0.2, 0.25) is 0 Å². The van der Waals surface area contributed by atoms with Gasteiger partial charge in [0.05, 0.1) is 0 Å². The Morgan fingerprint density at radius 2 is 1.90 bits per heavy atom. The summed E-state index contributed by atoms with van der Waals surface area (Å²) in [6, 6.07) is 13.9. The molecule has 0 aromatic heterocycles. The van der Waals surface area contributed by atoms with Crippen LogP contribution in [0.15, 0.2) is 42.5 Å². The first-order chi connectivity index (χ1) is 9.63. The number of fused-ring (bicyclic) bond motifs is 1. The van der Waals surface area contributed by atoms with Gasteiger partial charge in [-0.2, -0.15) is 0 Å². The fraction of sp³-hybridized carbons (Fsp3) is 0.235. The van der Waals surface area contributed by atoms with E-state index in [0.717, 1.165) is 18.5 Å². The highest BCUT2D eigenvalue weighted by Crippen LogP contribution is 2.21. The number of benzene rings is 2. The number of amides is 1. The van der Waals surface area contributed by atoms with Crippen LogP contribution in [0.5, 0.6) is 0 Å². The number of hydrogen-bond donors (Lipinski definition) is 1. The minimum atomic E-state index is 0.0647. The molecule has 0 unspecified atom stereocenters. The van der Waals surface area contributed by atoms with Crippen molar-refractivity contribution in [3.05, 3.63) is 64.7 Å². The van der Waals surface area contributed by atoms with E-state index < -0.39 is 0 Å². The monoisotopic (exact) mass is 266 g/mol. The van der Waals surface area contributed by atoms with Gasteiger partial charge in [0, 0.05) is 24.3 Å². The van der Waals surface area contributed by atoms with Gasteiger partial charge in [0.25, 0.3) is 5.91 Å². The van der Waals surface area contributed by atoms with Crippen LogP contribution in [0, 0.1) is 6.92 Å². The Morgan fingerprint density at radius 1 is 1.15 bits per heavy atom. The summed E-state index contributed by atoms with van der Waals surface area (Å²) in [5.41, 5.74) is 10.8. The first-order valence-electron chi connectivity index (χ1n) is 6.87. The second-order valence-electron chi connectivity index (χ2n) is 5.38. The topological polar surface area (TPSA) is 46.3 Å². The number of nitrogens with two attached hydrogens (primary N) is 1. The molecule has 0 saturated heterocycles. The van der Waals surface area contributed by atoms with Crippen LogP contribution < -0.4 is 5.73 Å². The van der Waals surface area contributed by atoms with Crippen LogP contribution in [-0.4, -0.2) is 17.4 Å². The van der Waals surface area contributed by atoms with Gasteiger partial charge in [-0.15, -0.1) is 0 Å². The minimum Gasteiger partial charge on any atom is -0.399 e. The van der Waals surface area contributed by atoms with Crippen molar-refractivity contribution in [2.45, 2.75) is 19.9 Å². The number of carbonyl (C=O) groups excluding carboxylic acids is 1. The Morgan fingerprint density at radius 3 is 2.65 bits per heavy atom. The average Bonchev–Trinajstić information content (AvgIpc) is 2.45. The Balaban J connectivity index is 1.86. The summed E-state index contributed by atoms with van der Waals surface area (Å²) in [7, 11) is 0. The normalized spacial score (nSPS) is 13.9. The number of rotatable bonds is 1. The van der Waals surface area contributed by atoms with Crippen LogP contribution in [0.1, 0.15) is 27.0 Å². The molecule has 3 nitrogen and oxygen atoms in total. The lowest BCUT2D eigenvalue weighted by Crippen LogP contribution is -2.36. The number of nitrogen functional groups attached to an aromatic ring is 1. The van der Waals surface area contributed by atoms with Crippen LogP contribution in [-0.2, 0) is 13.0 Å². The summed E-state index contributed by atoms with van der Waals surface area (Å²) in [6.07, 6.45) is 0.920. The quantitative estimate of drug-likeness (QED) is 0.807. The van der Waals surface area contributed by atoms with Crippen molar-refractivity contribution in [3.8, 4) is 0 Å². The molecule has 1 amide bonds. The maximum atomic E-state index is 12.6.